The van der Waals surface area contributed by atoms with E-state index in [-0.39, 0.29) is 22.7 Å². The molecule has 0 heterocycles. The van der Waals surface area contributed by atoms with Gasteiger partial charge in [0.15, 0.2) is 0 Å². The van der Waals surface area contributed by atoms with E-state index in [1.165, 1.54) is 17.3 Å². The zero-order chi connectivity index (χ0) is 22.8. The van der Waals surface area contributed by atoms with Crippen LogP contribution in [0.1, 0.15) is 35.3 Å². The molecular weight excluding hydrogens is 430 g/mol. The van der Waals surface area contributed by atoms with E-state index in [1.807, 2.05) is 51.1 Å². The highest BCUT2D eigenvalue weighted by molar-refractivity contribution is 8.14. The molecule has 0 bridgehead atoms. The fourth-order valence-corrected chi connectivity index (χ4v) is 5.00. The van der Waals surface area contributed by atoms with E-state index in [4.69, 9.17) is 0 Å². The summed E-state index contributed by atoms with van der Waals surface area (Å²) in [5.41, 5.74) is 2.88. The first-order valence-electron chi connectivity index (χ1n) is 10.2. The number of nitrogens with one attached hydrogen (secondary N) is 1. The Bertz CT molecular complexity index is 869. The number of hydrogen-bond donors (Lipinski definition) is 2. The first-order valence-corrected chi connectivity index (χ1v) is 12.3. The maximum atomic E-state index is 12.8. The first kappa shape index (κ1) is 25.0. The molecule has 2 atom stereocenters. The van der Waals surface area contributed by atoms with Crippen molar-refractivity contribution >= 4 is 40.5 Å². The maximum absolute atomic E-state index is 12.8. The number of carboxylic acids is 1. The van der Waals surface area contributed by atoms with Crippen LogP contribution in [0.4, 0.5) is 0 Å². The number of amides is 1. The highest BCUT2D eigenvalue weighted by Gasteiger charge is 2.28. The van der Waals surface area contributed by atoms with E-state index in [1.54, 1.807) is 24.3 Å². The molecule has 0 aliphatic rings. The number of aliphatic carboxylic acids is 1. The molecule has 1 amide bonds. The van der Waals surface area contributed by atoms with Crippen molar-refractivity contribution < 1.29 is 19.5 Å². The van der Waals surface area contributed by atoms with Gasteiger partial charge in [-0.2, -0.15) is 11.8 Å². The Morgan fingerprint density at radius 3 is 2.19 bits per heavy atom. The van der Waals surface area contributed by atoms with E-state index in [9.17, 15) is 19.5 Å². The van der Waals surface area contributed by atoms with Crippen molar-refractivity contribution in [3.05, 3.63) is 71.3 Å². The van der Waals surface area contributed by atoms with Gasteiger partial charge in [-0.15, -0.1) is 0 Å². The van der Waals surface area contributed by atoms with Crippen LogP contribution < -0.4 is 5.32 Å². The lowest BCUT2D eigenvalue weighted by Crippen LogP contribution is -2.46. The van der Waals surface area contributed by atoms with Crippen LogP contribution >= 0.6 is 23.5 Å². The average molecular weight is 460 g/mol. The molecule has 0 aromatic heterocycles. The van der Waals surface area contributed by atoms with Gasteiger partial charge in [-0.3, -0.25) is 9.59 Å². The lowest BCUT2D eigenvalue weighted by atomic mass is 9.97. The second-order valence-corrected chi connectivity index (χ2v) is 9.74. The molecule has 2 aromatic carbocycles. The smallest absolute Gasteiger partial charge is 0.327 e. The molecule has 2 rings (SSSR count). The van der Waals surface area contributed by atoms with Crippen LogP contribution in [0.5, 0.6) is 0 Å². The highest BCUT2D eigenvalue weighted by atomic mass is 32.2. The monoisotopic (exact) mass is 459 g/mol. The molecule has 2 N–H and O–H groups in total. The van der Waals surface area contributed by atoms with Crippen molar-refractivity contribution in [3.63, 3.8) is 0 Å². The van der Waals surface area contributed by atoms with Gasteiger partial charge in [-0.05, 0) is 18.4 Å². The number of carbonyl (C=O) groups is 3. The fraction of sp³-hybridized carbons (Fsp3) is 0.375. The summed E-state index contributed by atoms with van der Waals surface area (Å²) in [5, 5.41) is 12.1. The summed E-state index contributed by atoms with van der Waals surface area (Å²) in [6, 6.07) is 16.0. The van der Waals surface area contributed by atoms with Gasteiger partial charge in [0.05, 0.1) is 0 Å². The molecular formula is C24H29NO4S2. The standard InChI is InChI=1S/C24H29NO4S2/c1-16(2)20(14-31-24(29)19-7-5-4-6-8-19)22(26)25-21(23(27)28)15-30-13-18-11-9-17(3)10-12-18/h4-12,16,20-21H,13-15H2,1-3H3,(H,25,26)(H,27,28)/t20-,21-/m0/s1. The third-order valence-corrected chi connectivity index (χ3v) is 6.96. The van der Waals surface area contributed by atoms with Gasteiger partial charge >= 0.3 is 5.97 Å². The minimum atomic E-state index is -1.06. The molecule has 0 fully saturated rings. The van der Waals surface area contributed by atoms with Crippen LogP contribution in [-0.4, -0.2) is 39.6 Å². The molecule has 0 saturated heterocycles. The Balaban J connectivity index is 1.90. The van der Waals surface area contributed by atoms with Gasteiger partial charge in [0.1, 0.15) is 6.04 Å². The topological polar surface area (TPSA) is 83.5 Å². The van der Waals surface area contributed by atoms with Crippen LogP contribution in [0, 0.1) is 18.8 Å². The first-order chi connectivity index (χ1) is 14.8. The Labute approximate surface area is 192 Å². The fourth-order valence-electron chi connectivity index (χ4n) is 2.83. The van der Waals surface area contributed by atoms with Crippen molar-refractivity contribution in [1.82, 2.24) is 5.32 Å². The number of rotatable bonds is 11. The minimum absolute atomic E-state index is 0.0225. The lowest BCUT2D eigenvalue weighted by Gasteiger charge is -2.22. The van der Waals surface area contributed by atoms with Gasteiger partial charge in [0, 0.05) is 28.7 Å². The van der Waals surface area contributed by atoms with Crippen molar-refractivity contribution in [3.8, 4) is 0 Å². The van der Waals surface area contributed by atoms with Gasteiger partial charge in [-0.25, -0.2) is 4.79 Å². The summed E-state index contributed by atoms with van der Waals surface area (Å²) >= 11 is 2.57. The summed E-state index contributed by atoms with van der Waals surface area (Å²) < 4.78 is 0. The van der Waals surface area contributed by atoms with Crippen molar-refractivity contribution in [2.75, 3.05) is 11.5 Å². The second-order valence-electron chi connectivity index (χ2n) is 7.72. The van der Waals surface area contributed by atoms with Gasteiger partial charge in [-0.1, -0.05) is 85.8 Å². The highest BCUT2D eigenvalue weighted by Crippen LogP contribution is 2.22. The zero-order valence-electron chi connectivity index (χ0n) is 18.0. The third kappa shape index (κ3) is 8.42. The molecule has 0 saturated carbocycles. The molecule has 7 heteroatoms. The van der Waals surface area contributed by atoms with Crippen molar-refractivity contribution in [2.24, 2.45) is 11.8 Å². The molecule has 2 aromatic rings. The molecule has 31 heavy (non-hydrogen) atoms. The van der Waals surface area contributed by atoms with Gasteiger partial charge in [0.2, 0.25) is 11.0 Å². The number of carboxylic acid groups (broad SMARTS) is 1. The van der Waals surface area contributed by atoms with E-state index in [0.29, 0.717) is 17.1 Å². The quantitative estimate of drug-likeness (QED) is 0.509. The van der Waals surface area contributed by atoms with E-state index >= 15 is 0 Å². The summed E-state index contributed by atoms with van der Waals surface area (Å²) in [5.74, 6) is -0.607. The van der Waals surface area contributed by atoms with E-state index < -0.39 is 17.9 Å². The molecule has 0 aliphatic heterocycles. The summed E-state index contributed by atoms with van der Waals surface area (Å²) in [4.78, 5) is 36.8. The average Bonchev–Trinajstić information content (AvgIpc) is 2.74. The Kier molecular flexibility index (Phi) is 10.1. The van der Waals surface area contributed by atoms with Crippen LogP contribution in [0.2, 0.25) is 0 Å². The van der Waals surface area contributed by atoms with Crippen molar-refractivity contribution in [1.29, 1.82) is 0 Å². The van der Waals surface area contributed by atoms with E-state index in [0.717, 1.165) is 17.3 Å². The van der Waals surface area contributed by atoms with Gasteiger partial charge in [0.25, 0.3) is 0 Å². The predicted octanol–water partition coefficient (Wildman–Crippen LogP) is 4.64. The number of aryl methyl sites for hydroxylation is 1. The number of benzene rings is 2. The number of hydrogen-bond acceptors (Lipinski definition) is 5. The molecule has 5 nitrogen and oxygen atoms in total. The molecule has 0 radical (unpaired) electrons. The molecule has 0 spiro atoms. The SMILES string of the molecule is Cc1ccc(CSC[C@H](NC(=O)[C@@H](CSC(=O)c2ccccc2)C(C)C)C(=O)O)cc1. The molecule has 0 unspecified atom stereocenters. The number of thioether (sulfide) groups is 2. The van der Waals surface area contributed by atoms with Crippen LogP contribution in [0.25, 0.3) is 0 Å². The Morgan fingerprint density at radius 1 is 0.968 bits per heavy atom. The summed E-state index contributed by atoms with van der Waals surface area (Å²) in [7, 11) is 0. The maximum Gasteiger partial charge on any atom is 0.327 e. The zero-order valence-corrected chi connectivity index (χ0v) is 19.7. The van der Waals surface area contributed by atoms with Crippen molar-refractivity contribution in [2.45, 2.75) is 32.6 Å². The predicted molar refractivity (Wildman–Crippen MR) is 128 cm³/mol. The van der Waals surface area contributed by atoms with Crippen LogP contribution in [0.3, 0.4) is 0 Å². The molecule has 166 valence electrons. The van der Waals surface area contributed by atoms with Crippen LogP contribution in [0.15, 0.2) is 54.6 Å². The second kappa shape index (κ2) is 12.6. The molecule has 0 aliphatic carbocycles. The number of carbonyl (C=O) groups excluding carboxylic acids is 2. The summed E-state index contributed by atoms with van der Waals surface area (Å²) in [6.45, 7) is 5.82. The Hall–Kier alpha value is -2.25. The van der Waals surface area contributed by atoms with Crippen LogP contribution in [-0.2, 0) is 15.3 Å². The minimum Gasteiger partial charge on any atom is -0.480 e. The largest absolute Gasteiger partial charge is 0.480 e. The van der Waals surface area contributed by atoms with E-state index in [2.05, 4.69) is 5.32 Å². The Morgan fingerprint density at radius 2 is 1.61 bits per heavy atom. The van der Waals surface area contributed by atoms with Gasteiger partial charge < -0.3 is 10.4 Å². The third-order valence-electron chi connectivity index (χ3n) is 4.83. The normalized spacial score (nSPS) is 12.9. The summed E-state index contributed by atoms with van der Waals surface area (Å²) in [6.07, 6.45) is 0. The lowest BCUT2D eigenvalue weighted by molar-refractivity contribution is -0.141.